The minimum atomic E-state index is -2.51. The summed E-state index contributed by atoms with van der Waals surface area (Å²) in [6.45, 7) is 38.2. The SMILES string of the molecule is CO[C@H](C(=O)N[C@@H]1CCCCNC1=O)[C@@H](O[Si](C)(C)C(C)(C)C)[C@H](O[Si](C)(C)C(C)(C)C)[C@H](/C=C/C(C)C)O[Si](C)(C)C(C)(C)C. The molecule has 2 N–H and O–H groups in total. The standard InChI is InChI=1S/C35H72N2O6Si3/c1-25(2)22-23-27(41-44(13,14)33(3,4)5)28(42-45(15,16)34(6,7)8)29(43-46(17,18)35(9,10)11)30(40-12)32(39)37-26-21-19-20-24-36-31(26)38/h22-23,25-30H,19-21,24H2,1-18H3,(H,36,38)(H,37,39)/b23-22+/t26-,27+,28-,29+,30+/m1/s1. The summed E-state index contributed by atoms with van der Waals surface area (Å²) in [6.07, 6.45) is 3.68. The van der Waals surface area contributed by atoms with Gasteiger partial charge in [-0.25, -0.2) is 0 Å². The first-order valence-electron chi connectivity index (χ1n) is 17.4. The predicted octanol–water partition coefficient (Wildman–Crippen LogP) is 8.17. The molecule has 1 aliphatic rings. The van der Waals surface area contributed by atoms with Gasteiger partial charge in [-0.2, -0.15) is 0 Å². The van der Waals surface area contributed by atoms with Crippen molar-refractivity contribution in [1.29, 1.82) is 0 Å². The van der Waals surface area contributed by atoms with Crippen LogP contribution in [0.4, 0.5) is 0 Å². The molecule has 0 spiro atoms. The molecule has 0 aromatic rings. The molecule has 0 unspecified atom stereocenters. The topological polar surface area (TPSA) is 95.1 Å². The van der Waals surface area contributed by atoms with Gasteiger partial charge in [-0.1, -0.05) is 88.3 Å². The zero-order valence-electron chi connectivity index (χ0n) is 32.9. The fourth-order valence-corrected chi connectivity index (χ4v) is 8.28. The van der Waals surface area contributed by atoms with Gasteiger partial charge < -0.3 is 28.6 Å². The number of methoxy groups -OCH3 is 1. The molecule has 270 valence electrons. The number of nitrogens with one attached hydrogen (secondary N) is 2. The maximum atomic E-state index is 14.3. The Hall–Kier alpha value is -0.829. The molecule has 46 heavy (non-hydrogen) atoms. The first kappa shape index (κ1) is 43.2. The van der Waals surface area contributed by atoms with Gasteiger partial charge in [-0.05, 0) is 79.6 Å². The lowest BCUT2D eigenvalue weighted by Gasteiger charge is -2.49. The van der Waals surface area contributed by atoms with Crippen LogP contribution in [-0.2, 0) is 27.6 Å². The summed E-state index contributed by atoms with van der Waals surface area (Å²) in [7, 11) is -5.76. The van der Waals surface area contributed by atoms with Gasteiger partial charge in [-0.15, -0.1) is 0 Å². The number of ether oxygens (including phenoxy) is 1. The lowest BCUT2D eigenvalue weighted by Crippen LogP contribution is -2.63. The van der Waals surface area contributed by atoms with Crippen LogP contribution < -0.4 is 10.6 Å². The summed E-state index contributed by atoms with van der Waals surface area (Å²) >= 11 is 0. The van der Waals surface area contributed by atoms with Crippen LogP contribution >= 0.6 is 0 Å². The highest BCUT2D eigenvalue weighted by Gasteiger charge is 2.52. The van der Waals surface area contributed by atoms with E-state index in [1.165, 1.54) is 0 Å². The lowest BCUT2D eigenvalue weighted by molar-refractivity contribution is -0.147. The summed E-state index contributed by atoms with van der Waals surface area (Å²) in [5.41, 5.74) is 0. The smallest absolute Gasteiger partial charge is 0.252 e. The Kier molecular flexibility index (Phi) is 15.3. The lowest BCUT2D eigenvalue weighted by atomic mass is 10.00. The van der Waals surface area contributed by atoms with E-state index < -0.39 is 55.4 Å². The Labute approximate surface area is 286 Å². The average Bonchev–Trinajstić information content (AvgIpc) is 3.06. The molecule has 0 bridgehead atoms. The van der Waals surface area contributed by atoms with Crippen LogP contribution in [0.5, 0.6) is 0 Å². The van der Waals surface area contributed by atoms with E-state index in [0.717, 1.165) is 12.8 Å². The zero-order valence-corrected chi connectivity index (χ0v) is 35.9. The van der Waals surface area contributed by atoms with E-state index in [2.05, 4.69) is 138 Å². The molecule has 0 radical (unpaired) electrons. The maximum absolute atomic E-state index is 14.3. The molecular weight excluding hydrogens is 629 g/mol. The van der Waals surface area contributed by atoms with E-state index in [1.54, 1.807) is 7.11 Å². The van der Waals surface area contributed by atoms with Crippen molar-refractivity contribution in [3.05, 3.63) is 12.2 Å². The Morgan fingerprint density at radius 2 is 1.24 bits per heavy atom. The molecule has 1 fully saturated rings. The highest BCUT2D eigenvalue weighted by Crippen LogP contribution is 2.44. The van der Waals surface area contributed by atoms with E-state index in [9.17, 15) is 9.59 Å². The fraction of sp³-hybridized carbons (Fsp3) is 0.886. The quantitative estimate of drug-likeness (QED) is 0.140. The number of carbonyl (C=O) groups excluding carboxylic acids is 2. The summed E-state index contributed by atoms with van der Waals surface area (Å²) in [6, 6.07) is -0.624. The molecule has 11 heteroatoms. The normalized spacial score (nSPS) is 20.7. The van der Waals surface area contributed by atoms with Gasteiger partial charge in [0.1, 0.15) is 18.2 Å². The number of hydrogen-bond acceptors (Lipinski definition) is 6. The van der Waals surface area contributed by atoms with Gasteiger partial charge in [-0.3, -0.25) is 9.59 Å². The zero-order chi connectivity index (χ0) is 36.1. The van der Waals surface area contributed by atoms with Crippen molar-refractivity contribution < 1.29 is 27.6 Å². The van der Waals surface area contributed by atoms with Crippen LogP contribution in [0.1, 0.15) is 95.4 Å². The van der Waals surface area contributed by atoms with Crippen molar-refractivity contribution in [2.45, 2.75) is 180 Å². The van der Waals surface area contributed by atoms with Crippen molar-refractivity contribution in [2.75, 3.05) is 13.7 Å². The Morgan fingerprint density at radius 3 is 1.67 bits per heavy atom. The van der Waals surface area contributed by atoms with Gasteiger partial charge in [0.25, 0.3) is 5.91 Å². The molecule has 1 saturated heterocycles. The highest BCUT2D eigenvalue weighted by atomic mass is 28.4. The fourth-order valence-electron chi connectivity index (χ4n) is 4.44. The third-order valence-corrected chi connectivity index (χ3v) is 24.1. The summed E-state index contributed by atoms with van der Waals surface area (Å²) in [5.74, 6) is -0.235. The van der Waals surface area contributed by atoms with Crippen LogP contribution in [0.2, 0.25) is 54.4 Å². The van der Waals surface area contributed by atoms with Crippen LogP contribution in [0.3, 0.4) is 0 Å². The number of rotatable bonds is 14. The summed E-state index contributed by atoms with van der Waals surface area (Å²) in [4.78, 5) is 27.2. The van der Waals surface area contributed by atoms with Gasteiger partial charge in [0.2, 0.25) is 5.91 Å². The Balaban J connectivity index is 4.02. The molecule has 5 atom stereocenters. The van der Waals surface area contributed by atoms with Crippen molar-refractivity contribution in [3.8, 4) is 0 Å². The number of allylic oxidation sites excluding steroid dienone is 1. The number of carbonyl (C=O) groups is 2. The molecule has 1 heterocycles. The second kappa shape index (κ2) is 16.3. The third-order valence-electron chi connectivity index (χ3n) is 10.7. The molecular formula is C35H72N2O6Si3. The van der Waals surface area contributed by atoms with E-state index in [4.69, 9.17) is 18.0 Å². The molecule has 1 rings (SSSR count). The van der Waals surface area contributed by atoms with Crippen molar-refractivity contribution in [1.82, 2.24) is 10.6 Å². The van der Waals surface area contributed by atoms with Crippen LogP contribution in [0.15, 0.2) is 12.2 Å². The van der Waals surface area contributed by atoms with Crippen molar-refractivity contribution in [2.24, 2.45) is 5.92 Å². The molecule has 0 aromatic heterocycles. The molecule has 1 aliphatic heterocycles. The van der Waals surface area contributed by atoms with E-state index in [-0.39, 0.29) is 32.8 Å². The first-order chi connectivity index (χ1) is 20.6. The van der Waals surface area contributed by atoms with Crippen molar-refractivity contribution in [3.63, 3.8) is 0 Å². The van der Waals surface area contributed by atoms with Gasteiger partial charge in [0.15, 0.2) is 31.1 Å². The predicted molar refractivity (Wildman–Crippen MR) is 200 cm³/mol. The molecule has 2 amide bonds. The molecule has 8 nitrogen and oxygen atoms in total. The monoisotopic (exact) mass is 700 g/mol. The molecule has 0 aromatic carbocycles. The van der Waals surface area contributed by atoms with Gasteiger partial charge in [0, 0.05) is 13.7 Å². The minimum Gasteiger partial charge on any atom is -0.408 e. The second-order valence-electron chi connectivity index (χ2n) is 18.2. The van der Waals surface area contributed by atoms with E-state index >= 15 is 0 Å². The number of hydrogen-bond donors (Lipinski definition) is 2. The average molecular weight is 701 g/mol. The minimum absolute atomic E-state index is 0.0564. The Bertz CT molecular complexity index is 1020. The third kappa shape index (κ3) is 11.9. The first-order valence-corrected chi connectivity index (χ1v) is 26.1. The van der Waals surface area contributed by atoms with E-state index in [0.29, 0.717) is 13.0 Å². The van der Waals surface area contributed by atoms with E-state index in [1.807, 2.05) is 0 Å². The molecule has 0 aliphatic carbocycles. The van der Waals surface area contributed by atoms with Crippen LogP contribution in [-0.4, -0.2) is 80.9 Å². The highest BCUT2D eigenvalue weighted by molar-refractivity contribution is 6.75. The Morgan fingerprint density at radius 1 is 0.783 bits per heavy atom. The summed E-state index contributed by atoms with van der Waals surface area (Å²) < 4.78 is 28.0. The van der Waals surface area contributed by atoms with Gasteiger partial charge in [0.05, 0.1) is 6.10 Å². The molecule has 0 saturated carbocycles. The largest absolute Gasteiger partial charge is 0.408 e. The maximum Gasteiger partial charge on any atom is 0.252 e. The number of amides is 2. The van der Waals surface area contributed by atoms with Crippen LogP contribution in [0.25, 0.3) is 0 Å². The summed E-state index contributed by atoms with van der Waals surface area (Å²) in [5, 5.41) is 5.66. The van der Waals surface area contributed by atoms with Crippen LogP contribution in [0, 0.1) is 5.92 Å². The van der Waals surface area contributed by atoms with Crippen molar-refractivity contribution >= 4 is 36.8 Å². The second-order valence-corrected chi connectivity index (χ2v) is 32.4. The van der Waals surface area contributed by atoms with Gasteiger partial charge >= 0.3 is 0 Å².